The smallest absolute Gasteiger partial charge is 0.0710 e. The third-order valence-corrected chi connectivity index (χ3v) is 3.52. The number of nitrogens with one attached hydrogen (secondary N) is 1. The molecule has 0 aromatic heterocycles. The maximum Gasteiger partial charge on any atom is 0.0710 e. The van der Waals surface area contributed by atoms with E-state index in [2.05, 4.69) is 43.5 Å². The second-order valence-electron chi connectivity index (χ2n) is 4.98. The number of hydrogen-bond acceptors (Lipinski definition) is 2. The Labute approximate surface area is 119 Å². The molecule has 0 spiro atoms. The molecule has 2 rings (SSSR count). The van der Waals surface area contributed by atoms with Crippen LogP contribution in [0.15, 0.2) is 48.5 Å². The van der Waals surface area contributed by atoms with Gasteiger partial charge in [0.05, 0.1) is 6.04 Å². The van der Waals surface area contributed by atoms with Gasteiger partial charge in [-0.15, -0.1) is 0 Å². The fourth-order valence-corrected chi connectivity index (χ4v) is 2.34. The summed E-state index contributed by atoms with van der Waals surface area (Å²) >= 11 is 6.03. The topological polar surface area (TPSA) is 38.0 Å². The van der Waals surface area contributed by atoms with E-state index in [0.29, 0.717) is 5.92 Å². The van der Waals surface area contributed by atoms with Crippen molar-refractivity contribution in [1.82, 2.24) is 5.43 Å². The van der Waals surface area contributed by atoms with E-state index >= 15 is 0 Å². The van der Waals surface area contributed by atoms with Gasteiger partial charge in [-0.25, -0.2) is 5.43 Å². The number of hydrogen-bond donors (Lipinski definition) is 2. The first-order valence-electron chi connectivity index (χ1n) is 6.43. The summed E-state index contributed by atoms with van der Waals surface area (Å²) in [5.41, 5.74) is 6.37. The molecule has 0 aliphatic carbocycles. The van der Waals surface area contributed by atoms with E-state index in [9.17, 15) is 0 Å². The minimum Gasteiger partial charge on any atom is -0.271 e. The molecule has 0 bridgehead atoms. The van der Waals surface area contributed by atoms with Gasteiger partial charge in [0.1, 0.15) is 0 Å². The van der Waals surface area contributed by atoms with Crippen LogP contribution in [0.1, 0.15) is 42.5 Å². The van der Waals surface area contributed by atoms with Gasteiger partial charge in [0.2, 0.25) is 0 Å². The Kier molecular flexibility index (Phi) is 4.59. The molecule has 100 valence electrons. The number of rotatable bonds is 4. The maximum absolute atomic E-state index is 6.03. The highest BCUT2D eigenvalue weighted by Crippen LogP contribution is 2.25. The minimum absolute atomic E-state index is 0.0417. The van der Waals surface area contributed by atoms with E-state index < -0.39 is 0 Å². The lowest BCUT2D eigenvalue weighted by molar-refractivity contribution is 0.636. The first-order valence-corrected chi connectivity index (χ1v) is 6.81. The number of nitrogens with two attached hydrogens (primary N) is 1. The van der Waals surface area contributed by atoms with Crippen molar-refractivity contribution in [3.05, 3.63) is 70.2 Å². The molecule has 0 amide bonds. The Morgan fingerprint density at radius 2 is 1.58 bits per heavy atom. The largest absolute Gasteiger partial charge is 0.271 e. The van der Waals surface area contributed by atoms with Crippen molar-refractivity contribution in [2.75, 3.05) is 0 Å². The van der Waals surface area contributed by atoms with Crippen LogP contribution in [0.25, 0.3) is 0 Å². The molecule has 0 aliphatic heterocycles. The average Bonchev–Trinajstić information content (AvgIpc) is 2.40. The fourth-order valence-electron chi connectivity index (χ4n) is 2.14. The summed E-state index contributed by atoms with van der Waals surface area (Å²) < 4.78 is 0. The van der Waals surface area contributed by atoms with E-state index in [1.54, 1.807) is 0 Å². The Morgan fingerprint density at radius 3 is 2.11 bits per heavy atom. The highest BCUT2D eigenvalue weighted by atomic mass is 35.5. The first-order chi connectivity index (χ1) is 9.11. The molecule has 0 aliphatic rings. The number of halogens is 1. The molecular formula is C16H19ClN2. The summed E-state index contributed by atoms with van der Waals surface area (Å²) in [6, 6.07) is 16.2. The zero-order chi connectivity index (χ0) is 13.8. The molecule has 3 heteroatoms. The summed E-state index contributed by atoms with van der Waals surface area (Å²) in [5, 5.41) is 0.719. The van der Waals surface area contributed by atoms with Crippen LogP contribution in [0, 0.1) is 0 Å². The van der Waals surface area contributed by atoms with Crippen LogP contribution < -0.4 is 11.3 Å². The average molecular weight is 275 g/mol. The first kappa shape index (κ1) is 14.1. The molecule has 1 atom stereocenters. The molecule has 3 N–H and O–H groups in total. The van der Waals surface area contributed by atoms with Gasteiger partial charge in [-0.3, -0.25) is 5.84 Å². The van der Waals surface area contributed by atoms with Gasteiger partial charge in [0.25, 0.3) is 0 Å². The summed E-state index contributed by atoms with van der Waals surface area (Å²) in [5.74, 6) is 6.22. The van der Waals surface area contributed by atoms with Gasteiger partial charge in [-0.1, -0.05) is 61.8 Å². The zero-order valence-electron chi connectivity index (χ0n) is 11.2. The van der Waals surface area contributed by atoms with Gasteiger partial charge in [0, 0.05) is 5.02 Å². The van der Waals surface area contributed by atoms with Crippen molar-refractivity contribution < 1.29 is 0 Å². The summed E-state index contributed by atoms with van der Waals surface area (Å²) in [4.78, 5) is 0. The molecule has 19 heavy (non-hydrogen) atoms. The standard InChI is InChI=1S/C16H19ClN2/c1-11(2)12-6-8-13(9-7-12)16(19-18)14-4-3-5-15(17)10-14/h3-11,16,19H,18H2,1-2H3. The Bertz CT molecular complexity index is 535. The molecule has 0 saturated carbocycles. The normalized spacial score (nSPS) is 12.7. The van der Waals surface area contributed by atoms with Gasteiger partial charge in [-0.05, 0) is 34.7 Å². The van der Waals surface area contributed by atoms with Crippen molar-refractivity contribution in [1.29, 1.82) is 0 Å². The Hall–Kier alpha value is -1.35. The highest BCUT2D eigenvalue weighted by molar-refractivity contribution is 6.30. The second-order valence-corrected chi connectivity index (χ2v) is 5.41. The SMILES string of the molecule is CC(C)c1ccc(C(NN)c2cccc(Cl)c2)cc1. The molecular weight excluding hydrogens is 256 g/mol. The Balaban J connectivity index is 2.31. The highest BCUT2D eigenvalue weighted by Gasteiger charge is 2.12. The van der Waals surface area contributed by atoms with Crippen molar-refractivity contribution in [2.24, 2.45) is 5.84 Å². The lowest BCUT2D eigenvalue weighted by Crippen LogP contribution is -2.28. The summed E-state index contributed by atoms with van der Waals surface area (Å²) in [6.07, 6.45) is 0. The van der Waals surface area contributed by atoms with E-state index in [0.717, 1.165) is 16.1 Å². The maximum atomic E-state index is 6.03. The molecule has 0 heterocycles. The van der Waals surface area contributed by atoms with Crippen LogP contribution in [0.4, 0.5) is 0 Å². The summed E-state index contributed by atoms with van der Waals surface area (Å²) in [6.45, 7) is 4.37. The lowest BCUT2D eigenvalue weighted by Gasteiger charge is -2.18. The van der Waals surface area contributed by atoms with Gasteiger partial charge < -0.3 is 0 Å². The second kappa shape index (κ2) is 6.20. The van der Waals surface area contributed by atoms with Crippen LogP contribution in [0.5, 0.6) is 0 Å². The van der Waals surface area contributed by atoms with Crippen LogP contribution in [0.2, 0.25) is 5.02 Å². The Morgan fingerprint density at radius 1 is 0.947 bits per heavy atom. The lowest BCUT2D eigenvalue weighted by atomic mass is 9.96. The van der Waals surface area contributed by atoms with Crippen molar-refractivity contribution >= 4 is 11.6 Å². The van der Waals surface area contributed by atoms with E-state index in [-0.39, 0.29) is 6.04 Å². The minimum atomic E-state index is -0.0417. The monoisotopic (exact) mass is 274 g/mol. The van der Waals surface area contributed by atoms with Gasteiger partial charge in [-0.2, -0.15) is 0 Å². The third kappa shape index (κ3) is 3.35. The molecule has 0 fully saturated rings. The zero-order valence-corrected chi connectivity index (χ0v) is 12.0. The number of benzene rings is 2. The summed E-state index contributed by atoms with van der Waals surface area (Å²) in [7, 11) is 0. The predicted octanol–water partition coefficient (Wildman–Crippen LogP) is 4.02. The van der Waals surface area contributed by atoms with Crippen LogP contribution in [-0.4, -0.2) is 0 Å². The van der Waals surface area contributed by atoms with Crippen LogP contribution in [-0.2, 0) is 0 Å². The van der Waals surface area contributed by atoms with E-state index in [1.165, 1.54) is 5.56 Å². The molecule has 0 saturated heterocycles. The van der Waals surface area contributed by atoms with Crippen LogP contribution in [0.3, 0.4) is 0 Å². The molecule has 2 aromatic rings. The van der Waals surface area contributed by atoms with Crippen LogP contribution >= 0.6 is 11.6 Å². The molecule has 1 unspecified atom stereocenters. The van der Waals surface area contributed by atoms with Crippen molar-refractivity contribution in [3.63, 3.8) is 0 Å². The van der Waals surface area contributed by atoms with Gasteiger partial charge >= 0.3 is 0 Å². The molecule has 2 aromatic carbocycles. The van der Waals surface area contributed by atoms with Crippen molar-refractivity contribution in [2.45, 2.75) is 25.8 Å². The predicted molar refractivity (Wildman–Crippen MR) is 81.1 cm³/mol. The molecule has 2 nitrogen and oxygen atoms in total. The van der Waals surface area contributed by atoms with Crippen molar-refractivity contribution in [3.8, 4) is 0 Å². The number of hydrazine groups is 1. The molecule has 0 radical (unpaired) electrons. The van der Waals surface area contributed by atoms with E-state index in [4.69, 9.17) is 17.4 Å². The quantitative estimate of drug-likeness (QED) is 0.653. The fraction of sp³-hybridized carbons (Fsp3) is 0.250. The van der Waals surface area contributed by atoms with E-state index in [1.807, 2.05) is 24.3 Å². The van der Waals surface area contributed by atoms with Gasteiger partial charge in [0.15, 0.2) is 0 Å². The third-order valence-electron chi connectivity index (χ3n) is 3.29.